The number of hydrogen-bond acceptors (Lipinski definition) is 6. The van der Waals surface area contributed by atoms with Gasteiger partial charge in [0.1, 0.15) is 5.82 Å². The van der Waals surface area contributed by atoms with E-state index in [1.165, 1.54) is 34.2 Å². The summed E-state index contributed by atoms with van der Waals surface area (Å²) in [7, 11) is 4.54. The number of hydrogen-bond donors (Lipinski definition) is 1. The number of ether oxygens (including phenoxy) is 3. The molecule has 1 amide bonds. The lowest BCUT2D eigenvalue weighted by atomic mass is 10.1. The van der Waals surface area contributed by atoms with Crippen LogP contribution in [0, 0.1) is 0 Å². The van der Waals surface area contributed by atoms with E-state index in [1.807, 2.05) is 24.3 Å². The summed E-state index contributed by atoms with van der Waals surface area (Å²) in [5, 5.41) is 11.7. The first kappa shape index (κ1) is 21.7. The van der Waals surface area contributed by atoms with Crippen LogP contribution < -0.4 is 19.5 Å². The molecule has 1 aromatic heterocycles. The van der Waals surface area contributed by atoms with Crippen molar-refractivity contribution < 1.29 is 19.0 Å². The number of fused-ring (bicyclic) bond motifs is 1. The molecule has 0 fully saturated rings. The maximum atomic E-state index is 12.9. The molecule has 4 rings (SSSR count). The molecule has 8 heteroatoms. The summed E-state index contributed by atoms with van der Waals surface area (Å²) in [5.74, 6) is 2.82. The Kier molecular flexibility index (Phi) is 6.58. The highest BCUT2D eigenvalue weighted by molar-refractivity contribution is 6.07. The largest absolute Gasteiger partial charge is 0.493 e. The van der Waals surface area contributed by atoms with Crippen molar-refractivity contribution in [3.05, 3.63) is 47.8 Å². The number of carbonyl (C=O) groups excluding carboxylic acids is 1. The molecule has 0 saturated carbocycles. The summed E-state index contributed by atoms with van der Waals surface area (Å²) in [4.78, 5) is 12.9. The van der Waals surface area contributed by atoms with E-state index < -0.39 is 0 Å². The molecule has 1 aliphatic heterocycles. The Balaban J connectivity index is 1.54. The molecular weight excluding hydrogens is 408 g/mol. The summed E-state index contributed by atoms with van der Waals surface area (Å²) in [6, 6.07) is 11.0. The summed E-state index contributed by atoms with van der Waals surface area (Å²) < 4.78 is 18.3. The lowest BCUT2D eigenvalue weighted by molar-refractivity contribution is 0.102. The minimum atomic E-state index is -0.303. The van der Waals surface area contributed by atoms with Crippen LogP contribution in [0.25, 0.3) is 11.4 Å². The van der Waals surface area contributed by atoms with Gasteiger partial charge in [0.25, 0.3) is 5.91 Å². The van der Waals surface area contributed by atoms with Gasteiger partial charge < -0.3 is 24.1 Å². The maximum absolute atomic E-state index is 12.9. The van der Waals surface area contributed by atoms with Gasteiger partial charge >= 0.3 is 0 Å². The summed E-state index contributed by atoms with van der Waals surface area (Å²) in [5.41, 5.74) is 2.00. The molecule has 1 N–H and O–H groups in total. The van der Waals surface area contributed by atoms with Gasteiger partial charge in [0, 0.05) is 24.2 Å². The van der Waals surface area contributed by atoms with Crippen molar-refractivity contribution in [2.75, 3.05) is 26.6 Å². The third-order valence-electron chi connectivity index (χ3n) is 5.71. The molecule has 0 unspecified atom stereocenters. The molecule has 0 atom stereocenters. The minimum Gasteiger partial charge on any atom is -0.493 e. The number of aryl methyl sites for hydroxylation is 1. The van der Waals surface area contributed by atoms with Gasteiger partial charge in [-0.3, -0.25) is 4.79 Å². The molecule has 2 heterocycles. The molecule has 0 aliphatic carbocycles. The standard InChI is InChI=1S/C24H28N4O4/c1-30-19-14-13-18(21(31-2)22(19)32-3)24(29)25-17-11-9-16(10-12-17)23-27-26-20-8-6-4-5-7-15-28(20)23/h9-14H,4-8,15H2,1-3H3,(H,25,29). The van der Waals surface area contributed by atoms with Crippen LogP contribution in [0.3, 0.4) is 0 Å². The van der Waals surface area contributed by atoms with Crippen molar-refractivity contribution in [2.24, 2.45) is 0 Å². The van der Waals surface area contributed by atoms with E-state index in [1.54, 1.807) is 12.1 Å². The number of anilines is 1. The fourth-order valence-corrected chi connectivity index (χ4v) is 4.06. The zero-order valence-electron chi connectivity index (χ0n) is 18.7. The first-order valence-electron chi connectivity index (χ1n) is 10.8. The third-order valence-corrected chi connectivity index (χ3v) is 5.71. The van der Waals surface area contributed by atoms with Crippen molar-refractivity contribution in [3.8, 4) is 28.6 Å². The summed E-state index contributed by atoms with van der Waals surface area (Å²) in [6.07, 6.45) is 5.75. The van der Waals surface area contributed by atoms with E-state index in [0.717, 1.165) is 43.0 Å². The van der Waals surface area contributed by atoms with E-state index in [-0.39, 0.29) is 5.91 Å². The van der Waals surface area contributed by atoms with E-state index in [0.29, 0.717) is 28.5 Å². The summed E-state index contributed by atoms with van der Waals surface area (Å²) >= 11 is 0. The molecule has 1 aliphatic rings. The monoisotopic (exact) mass is 436 g/mol. The molecule has 3 aromatic rings. The molecule has 0 bridgehead atoms. The van der Waals surface area contributed by atoms with Crippen LogP contribution in [0.1, 0.15) is 41.9 Å². The molecule has 168 valence electrons. The second-order valence-corrected chi connectivity index (χ2v) is 7.67. The average molecular weight is 437 g/mol. The first-order chi connectivity index (χ1) is 15.7. The fourth-order valence-electron chi connectivity index (χ4n) is 4.06. The number of nitrogens with zero attached hydrogens (tertiary/aromatic N) is 3. The molecule has 0 spiro atoms. The number of rotatable bonds is 6. The third kappa shape index (κ3) is 4.26. The number of aromatic nitrogens is 3. The van der Waals surface area contributed by atoms with Crippen molar-refractivity contribution in [3.63, 3.8) is 0 Å². The van der Waals surface area contributed by atoms with Gasteiger partial charge in [-0.15, -0.1) is 10.2 Å². The lowest BCUT2D eigenvalue weighted by Gasteiger charge is -2.16. The average Bonchev–Trinajstić information content (AvgIpc) is 3.19. The van der Waals surface area contributed by atoms with E-state index >= 15 is 0 Å². The van der Waals surface area contributed by atoms with Gasteiger partial charge in [0.15, 0.2) is 17.3 Å². The van der Waals surface area contributed by atoms with Crippen molar-refractivity contribution in [1.82, 2.24) is 14.8 Å². The first-order valence-corrected chi connectivity index (χ1v) is 10.8. The number of carbonyl (C=O) groups is 1. The predicted octanol–water partition coefficient (Wildman–Crippen LogP) is 4.34. The van der Waals surface area contributed by atoms with Gasteiger partial charge in [-0.1, -0.05) is 12.8 Å². The van der Waals surface area contributed by atoms with Crippen molar-refractivity contribution >= 4 is 11.6 Å². The van der Waals surface area contributed by atoms with Crippen LogP contribution in [0.4, 0.5) is 5.69 Å². The maximum Gasteiger partial charge on any atom is 0.259 e. The molecular formula is C24H28N4O4. The van der Waals surface area contributed by atoms with Crippen LogP contribution in [0.5, 0.6) is 17.2 Å². The van der Waals surface area contributed by atoms with Crippen LogP contribution in [0.2, 0.25) is 0 Å². The fraction of sp³-hybridized carbons (Fsp3) is 0.375. The second-order valence-electron chi connectivity index (χ2n) is 7.67. The highest BCUT2D eigenvalue weighted by Crippen LogP contribution is 2.40. The predicted molar refractivity (Wildman–Crippen MR) is 122 cm³/mol. The van der Waals surface area contributed by atoms with Crippen molar-refractivity contribution in [1.29, 1.82) is 0 Å². The van der Waals surface area contributed by atoms with E-state index in [9.17, 15) is 4.79 Å². The van der Waals surface area contributed by atoms with E-state index in [2.05, 4.69) is 20.1 Å². The Hall–Kier alpha value is -3.55. The van der Waals surface area contributed by atoms with Gasteiger partial charge in [0.05, 0.1) is 26.9 Å². The number of benzene rings is 2. The molecule has 32 heavy (non-hydrogen) atoms. The smallest absolute Gasteiger partial charge is 0.259 e. The van der Waals surface area contributed by atoms with Crippen LogP contribution in [0.15, 0.2) is 36.4 Å². The molecule has 2 aromatic carbocycles. The van der Waals surface area contributed by atoms with Gasteiger partial charge in [-0.2, -0.15) is 0 Å². The topological polar surface area (TPSA) is 87.5 Å². The normalized spacial score (nSPS) is 13.5. The number of methoxy groups -OCH3 is 3. The summed E-state index contributed by atoms with van der Waals surface area (Å²) in [6.45, 7) is 0.940. The second kappa shape index (κ2) is 9.72. The van der Waals surface area contributed by atoms with Crippen molar-refractivity contribution in [2.45, 2.75) is 38.6 Å². The molecule has 8 nitrogen and oxygen atoms in total. The Bertz CT molecular complexity index is 1090. The van der Waals surface area contributed by atoms with Crippen LogP contribution in [-0.4, -0.2) is 42.0 Å². The number of amides is 1. The van der Waals surface area contributed by atoms with Crippen LogP contribution >= 0.6 is 0 Å². The SMILES string of the molecule is COc1ccc(C(=O)Nc2ccc(-c3nnc4n3CCCCCC4)cc2)c(OC)c1OC. The van der Waals surface area contributed by atoms with Crippen LogP contribution in [-0.2, 0) is 13.0 Å². The highest BCUT2D eigenvalue weighted by atomic mass is 16.5. The Morgan fingerprint density at radius 1 is 0.875 bits per heavy atom. The molecule has 0 radical (unpaired) electrons. The Morgan fingerprint density at radius 2 is 1.62 bits per heavy atom. The van der Waals surface area contributed by atoms with Gasteiger partial charge in [-0.05, 0) is 49.2 Å². The zero-order chi connectivity index (χ0) is 22.5. The molecule has 0 saturated heterocycles. The quantitative estimate of drug-likeness (QED) is 0.619. The number of nitrogens with one attached hydrogen (secondary N) is 1. The Morgan fingerprint density at radius 3 is 2.34 bits per heavy atom. The van der Waals surface area contributed by atoms with Gasteiger partial charge in [0.2, 0.25) is 5.75 Å². The lowest BCUT2D eigenvalue weighted by Crippen LogP contribution is -2.14. The minimum absolute atomic E-state index is 0.303. The Labute approximate surface area is 187 Å². The highest BCUT2D eigenvalue weighted by Gasteiger charge is 2.21. The van der Waals surface area contributed by atoms with E-state index in [4.69, 9.17) is 14.2 Å². The zero-order valence-corrected chi connectivity index (χ0v) is 18.7. The van der Waals surface area contributed by atoms with Gasteiger partial charge in [-0.25, -0.2) is 0 Å².